The van der Waals surface area contributed by atoms with Crippen LogP contribution in [0.4, 0.5) is 0 Å². The van der Waals surface area contributed by atoms with Crippen molar-refractivity contribution in [2.45, 2.75) is 85.6 Å². The molecule has 2 aromatic carbocycles. The zero-order valence-corrected chi connectivity index (χ0v) is 24.1. The summed E-state index contributed by atoms with van der Waals surface area (Å²) in [7, 11) is -2.55. The molecule has 2 saturated carbocycles. The summed E-state index contributed by atoms with van der Waals surface area (Å²) in [6.45, 7) is 17.2. The number of rotatable bonds is 6. The van der Waals surface area contributed by atoms with Crippen molar-refractivity contribution in [1.29, 1.82) is 0 Å². The van der Waals surface area contributed by atoms with E-state index in [1.165, 1.54) is 29.6 Å². The van der Waals surface area contributed by atoms with Crippen molar-refractivity contribution in [3.8, 4) is 0 Å². The molecule has 0 spiro atoms. The number of hydrogen-bond donors (Lipinski definition) is 0. The second kappa shape index (κ2) is 9.63. The first-order valence-electron chi connectivity index (χ1n) is 13.7. The molecule has 2 nitrogen and oxygen atoms in total. The molecule has 2 aromatic rings. The Kier molecular flexibility index (Phi) is 7.25. The Balaban J connectivity index is 1.68. The van der Waals surface area contributed by atoms with Crippen LogP contribution < -0.4 is 10.4 Å². The summed E-state index contributed by atoms with van der Waals surface area (Å²) < 4.78 is 7.26. The van der Waals surface area contributed by atoms with Gasteiger partial charge in [0.15, 0.2) is 0 Å². The van der Waals surface area contributed by atoms with Crippen LogP contribution in [-0.4, -0.2) is 20.7 Å². The van der Waals surface area contributed by atoms with Gasteiger partial charge in [-0.05, 0) is 57.3 Å². The molecule has 0 N–H and O–H groups in total. The molecule has 190 valence electrons. The lowest BCUT2D eigenvalue weighted by atomic mass is 9.46. The van der Waals surface area contributed by atoms with Crippen LogP contribution in [0.15, 0.2) is 60.7 Å². The quantitative estimate of drug-likeness (QED) is 0.407. The summed E-state index contributed by atoms with van der Waals surface area (Å²) in [5, 5.41) is 2.63. The van der Waals surface area contributed by atoms with E-state index in [9.17, 15) is 4.79 Å². The number of carbonyl (C=O) groups excluding carboxylic acids is 1. The van der Waals surface area contributed by atoms with E-state index in [2.05, 4.69) is 109 Å². The molecule has 4 atom stereocenters. The number of Topliss-reactive ketones (excluding diaryl/α,β-unsaturated/α-hetero) is 1. The molecule has 0 aromatic heterocycles. The van der Waals surface area contributed by atoms with Gasteiger partial charge in [-0.1, -0.05) is 116 Å². The smallest absolute Gasteiger partial charge is 0.261 e. The van der Waals surface area contributed by atoms with E-state index in [1.807, 2.05) is 0 Å². The molecule has 0 amide bonds. The van der Waals surface area contributed by atoms with Crippen molar-refractivity contribution < 1.29 is 9.22 Å². The van der Waals surface area contributed by atoms with Crippen molar-refractivity contribution in [2.75, 3.05) is 6.61 Å². The summed E-state index contributed by atoms with van der Waals surface area (Å²) in [6, 6.07) is 21.8. The van der Waals surface area contributed by atoms with Crippen LogP contribution in [0.25, 0.3) is 0 Å². The van der Waals surface area contributed by atoms with Gasteiger partial charge in [0.2, 0.25) is 0 Å². The van der Waals surface area contributed by atoms with Crippen LogP contribution in [0, 0.1) is 28.6 Å². The monoisotopic (exact) mass is 490 g/mol. The van der Waals surface area contributed by atoms with Gasteiger partial charge >= 0.3 is 0 Å². The summed E-state index contributed by atoms with van der Waals surface area (Å²) >= 11 is 0. The second-order valence-electron chi connectivity index (χ2n) is 13.3. The number of hydrogen-bond acceptors (Lipinski definition) is 2. The van der Waals surface area contributed by atoms with E-state index in [-0.39, 0.29) is 21.8 Å². The van der Waals surface area contributed by atoms with Crippen molar-refractivity contribution in [1.82, 2.24) is 0 Å². The molecule has 2 aliphatic rings. The van der Waals surface area contributed by atoms with Gasteiger partial charge in [-0.2, -0.15) is 0 Å². The molecule has 0 radical (unpaired) electrons. The predicted octanol–water partition coefficient (Wildman–Crippen LogP) is 7.01. The zero-order chi connectivity index (χ0) is 25.5. The van der Waals surface area contributed by atoms with Crippen molar-refractivity contribution in [3.05, 3.63) is 60.7 Å². The fourth-order valence-electron chi connectivity index (χ4n) is 7.98. The highest BCUT2D eigenvalue weighted by molar-refractivity contribution is 6.99. The number of fused-ring (bicyclic) bond motifs is 1. The van der Waals surface area contributed by atoms with E-state index < -0.39 is 8.32 Å². The van der Waals surface area contributed by atoms with Crippen LogP contribution in [0.1, 0.15) is 80.6 Å². The predicted molar refractivity (Wildman–Crippen MR) is 150 cm³/mol. The lowest BCUT2D eigenvalue weighted by molar-refractivity contribution is -0.148. The summed E-state index contributed by atoms with van der Waals surface area (Å²) in [4.78, 5) is 13.2. The summed E-state index contributed by atoms with van der Waals surface area (Å²) in [5.41, 5.74) is 0.448. The molecular weight excluding hydrogens is 444 g/mol. The minimum absolute atomic E-state index is 0.0248. The summed E-state index contributed by atoms with van der Waals surface area (Å²) in [5.74, 6) is 1.45. The fourth-order valence-corrected chi connectivity index (χ4v) is 12.6. The Hall–Kier alpha value is -1.71. The highest BCUT2D eigenvalue weighted by Crippen LogP contribution is 2.61. The van der Waals surface area contributed by atoms with Crippen LogP contribution in [0.3, 0.4) is 0 Å². The maximum absolute atomic E-state index is 13.2. The first-order chi connectivity index (χ1) is 16.4. The van der Waals surface area contributed by atoms with Crippen molar-refractivity contribution >= 4 is 24.5 Å². The Morgan fingerprint density at radius 2 is 1.46 bits per heavy atom. The van der Waals surface area contributed by atoms with Gasteiger partial charge in [-0.3, -0.25) is 4.79 Å². The summed E-state index contributed by atoms with van der Waals surface area (Å²) in [6.07, 6.45) is 5.47. The third-order valence-electron chi connectivity index (χ3n) is 9.80. The highest BCUT2D eigenvalue weighted by atomic mass is 28.4. The Morgan fingerprint density at radius 3 is 1.97 bits per heavy atom. The molecule has 3 heteroatoms. The number of benzene rings is 2. The van der Waals surface area contributed by atoms with Crippen LogP contribution in [0.2, 0.25) is 5.04 Å². The van der Waals surface area contributed by atoms with Gasteiger partial charge in [0.05, 0.1) is 0 Å². The maximum Gasteiger partial charge on any atom is 0.261 e. The van der Waals surface area contributed by atoms with Crippen molar-refractivity contribution in [2.24, 2.45) is 28.6 Å². The van der Waals surface area contributed by atoms with Crippen LogP contribution in [0.5, 0.6) is 0 Å². The van der Waals surface area contributed by atoms with Gasteiger partial charge in [-0.25, -0.2) is 0 Å². The van der Waals surface area contributed by atoms with E-state index in [1.54, 1.807) is 0 Å². The molecule has 35 heavy (non-hydrogen) atoms. The first-order valence-corrected chi connectivity index (χ1v) is 15.6. The molecule has 0 heterocycles. The largest absolute Gasteiger partial charge is 0.407 e. The Morgan fingerprint density at radius 1 is 0.914 bits per heavy atom. The molecular formula is C32H46O2Si. The molecule has 4 rings (SSSR count). The molecule has 0 aliphatic heterocycles. The molecule has 0 bridgehead atoms. The average Bonchev–Trinajstić information content (AvgIpc) is 2.80. The van der Waals surface area contributed by atoms with Gasteiger partial charge in [0, 0.05) is 18.9 Å². The Labute approximate surface area is 215 Å². The van der Waals surface area contributed by atoms with Crippen LogP contribution >= 0.6 is 0 Å². The number of carbonyl (C=O) groups is 1. The average molecular weight is 491 g/mol. The van der Waals surface area contributed by atoms with Crippen molar-refractivity contribution in [3.63, 3.8) is 0 Å². The van der Waals surface area contributed by atoms with Gasteiger partial charge < -0.3 is 4.43 Å². The van der Waals surface area contributed by atoms with Gasteiger partial charge in [0.1, 0.15) is 5.78 Å². The third-order valence-corrected chi connectivity index (χ3v) is 14.8. The molecule has 0 unspecified atom stereocenters. The lowest BCUT2D eigenvalue weighted by Crippen LogP contribution is -2.66. The second-order valence-corrected chi connectivity index (χ2v) is 17.6. The van der Waals surface area contributed by atoms with E-state index >= 15 is 0 Å². The van der Waals surface area contributed by atoms with Crippen LogP contribution in [-0.2, 0) is 9.22 Å². The highest BCUT2D eigenvalue weighted by Gasteiger charge is 2.56. The maximum atomic E-state index is 13.2. The zero-order valence-electron chi connectivity index (χ0n) is 23.1. The van der Waals surface area contributed by atoms with E-state index in [4.69, 9.17) is 4.43 Å². The lowest BCUT2D eigenvalue weighted by Gasteiger charge is -2.58. The molecule has 2 aliphatic carbocycles. The van der Waals surface area contributed by atoms with Gasteiger partial charge in [-0.15, -0.1) is 0 Å². The first kappa shape index (κ1) is 26.4. The van der Waals surface area contributed by atoms with E-state index in [0.717, 1.165) is 12.8 Å². The third kappa shape index (κ3) is 4.59. The molecule has 2 fully saturated rings. The number of ketones is 1. The SMILES string of the molecule is C[C@@H]1C(=O)C[C@H]2C(C)(C)CCC[C@]2(C)[C@H]1CCO[Si](c1ccccc1)(c1ccccc1)C(C)(C)C. The van der Waals surface area contributed by atoms with E-state index in [0.29, 0.717) is 24.2 Å². The molecule has 0 saturated heterocycles. The fraction of sp³-hybridized carbons (Fsp3) is 0.594. The Bertz CT molecular complexity index is 967. The topological polar surface area (TPSA) is 26.3 Å². The minimum Gasteiger partial charge on any atom is -0.407 e. The minimum atomic E-state index is -2.55. The van der Waals surface area contributed by atoms with Gasteiger partial charge in [0.25, 0.3) is 8.32 Å². The normalized spacial score (nSPS) is 29.0. The standard InChI is InChI=1S/C32H46O2Si/c1-24-27(32(7)21-14-20-31(5,6)29(32)23-28(24)33)19-22-34-35(30(2,3)4,25-15-10-8-11-16-25)26-17-12-9-13-18-26/h8-13,15-18,24,27,29H,14,19-23H2,1-7H3/t24-,27-,29-,32+/m0/s1.